The fourth-order valence-corrected chi connectivity index (χ4v) is 4.00. The molecule has 6 heteroatoms. The fourth-order valence-electron chi connectivity index (χ4n) is 2.46. The number of benzene rings is 1. The lowest BCUT2D eigenvalue weighted by molar-refractivity contribution is 0.155. The number of hydrogen-bond donors (Lipinski definition) is 1. The molecule has 1 N–H and O–H groups in total. The van der Waals surface area contributed by atoms with Crippen molar-refractivity contribution in [1.82, 2.24) is 4.90 Å². The molecular weight excluding hydrogens is 318 g/mol. The lowest BCUT2D eigenvalue weighted by Gasteiger charge is -2.14. The molecule has 0 saturated heterocycles. The Morgan fingerprint density at radius 2 is 2.09 bits per heavy atom. The summed E-state index contributed by atoms with van der Waals surface area (Å²) in [4.78, 5) is 2.91. The number of nitrogens with one attached hydrogen (secondary N) is 1. The quantitative estimate of drug-likeness (QED) is 0.809. The number of hydrogen-bond acceptors (Lipinski definition) is 3. The maximum absolute atomic E-state index is 12.9. The lowest BCUT2D eigenvalue weighted by atomic mass is 10.0. The van der Waals surface area contributed by atoms with E-state index in [4.69, 9.17) is 0 Å². The normalized spacial score (nSPS) is 16.6. The van der Waals surface area contributed by atoms with E-state index in [2.05, 4.69) is 17.2 Å². The Kier molecular flexibility index (Phi) is 5.91. The van der Waals surface area contributed by atoms with Crippen molar-refractivity contribution in [3.63, 3.8) is 0 Å². The smallest absolute Gasteiger partial charge is 0.242 e. The molecule has 1 aliphatic heterocycles. The minimum atomic E-state index is -2.49. The zero-order valence-electron chi connectivity index (χ0n) is 13.5. The largest absolute Gasteiger partial charge is 0.383 e. The highest BCUT2D eigenvalue weighted by molar-refractivity contribution is 7.90. The van der Waals surface area contributed by atoms with Gasteiger partial charge in [-0.2, -0.15) is 0 Å². The summed E-state index contributed by atoms with van der Waals surface area (Å²) in [5, 5.41) is 3.25. The minimum absolute atomic E-state index is 0.310. The standard InChI is InChI=1S/C17H20F2N2OS/c1-4-6-15-13(11-16(18)19)12-7-5-8-14(17(12)23(15)22)20-9-10-21(2)3/h5,7-8,16,20H,9-11H2,1-3H3. The first-order valence-electron chi connectivity index (χ1n) is 7.33. The molecule has 0 bridgehead atoms. The second-order valence-electron chi connectivity index (χ2n) is 5.46. The number of nitrogens with zero attached hydrogens (tertiary/aromatic N) is 1. The number of anilines is 1. The number of halogens is 2. The van der Waals surface area contributed by atoms with Crippen LogP contribution in [0.5, 0.6) is 0 Å². The highest BCUT2D eigenvalue weighted by Gasteiger charge is 2.31. The first kappa shape index (κ1) is 17.6. The summed E-state index contributed by atoms with van der Waals surface area (Å²) in [6.07, 6.45) is -2.92. The van der Waals surface area contributed by atoms with Crippen LogP contribution >= 0.6 is 0 Å². The van der Waals surface area contributed by atoms with Crippen LogP contribution in [0.1, 0.15) is 18.9 Å². The lowest BCUT2D eigenvalue weighted by Crippen LogP contribution is -2.21. The average Bonchev–Trinajstić information content (AvgIpc) is 2.73. The number of fused-ring (bicyclic) bond motifs is 1. The Labute approximate surface area is 138 Å². The zero-order valence-corrected chi connectivity index (χ0v) is 14.3. The van der Waals surface area contributed by atoms with Gasteiger partial charge in [0.2, 0.25) is 6.43 Å². The molecule has 0 radical (unpaired) electrons. The van der Waals surface area contributed by atoms with Gasteiger partial charge >= 0.3 is 0 Å². The van der Waals surface area contributed by atoms with Crippen LogP contribution < -0.4 is 5.32 Å². The maximum Gasteiger partial charge on any atom is 0.242 e. The van der Waals surface area contributed by atoms with E-state index in [0.717, 1.165) is 12.2 Å². The van der Waals surface area contributed by atoms with Crippen molar-refractivity contribution in [3.8, 4) is 11.8 Å². The van der Waals surface area contributed by atoms with Crippen LogP contribution in [0, 0.1) is 11.8 Å². The minimum Gasteiger partial charge on any atom is -0.383 e. The van der Waals surface area contributed by atoms with Gasteiger partial charge in [0.05, 0.1) is 26.3 Å². The molecule has 0 saturated carbocycles. The van der Waals surface area contributed by atoms with Crippen molar-refractivity contribution >= 4 is 22.1 Å². The predicted octanol–water partition coefficient (Wildman–Crippen LogP) is 3.17. The second kappa shape index (κ2) is 7.71. The van der Waals surface area contributed by atoms with Crippen LogP contribution in [0.15, 0.2) is 28.0 Å². The monoisotopic (exact) mass is 338 g/mol. The van der Waals surface area contributed by atoms with Crippen LogP contribution in [0.25, 0.3) is 5.57 Å². The van der Waals surface area contributed by atoms with Crippen molar-refractivity contribution < 1.29 is 13.0 Å². The van der Waals surface area contributed by atoms with Crippen molar-refractivity contribution in [3.05, 3.63) is 28.7 Å². The van der Waals surface area contributed by atoms with Gasteiger partial charge in [0.25, 0.3) is 0 Å². The van der Waals surface area contributed by atoms with E-state index in [1.807, 2.05) is 25.1 Å². The van der Waals surface area contributed by atoms with E-state index in [-0.39, 0.29) is 0 Å². The molecule has 2 rings (SSSR count). The molecule has 0 fully saturated rings. The second-order valence-corrected chi connectivity index (χ2v) is 6.81. The molecule has 0 amide bonds. The summed E-state index contributed by atoms with van der Waals surface area (Å²) in [6, 6.07) is 5.36. The van der Waals surface area contributed by atoms with E-state index >= 15 is 0 Å². The highest BCUT2D eigenvalue weighted by Crippen LogP contribution is 2.42. The van der Waals surface area contributed by atoms with Crippen LogP contribution in [0.4, 0.5) is 14.5 Å². The summed E-state index contributed by atoms with van der Waals surface area (Å²) < 4.78 is 38.6. The molecule has 1 aromatic carbocycles. The third-order valence-electron chi connectivity index (χ3n) is 3.46. The molecule has 124 valence electrons. The summed E-state index contributed by atoms with van der Waals surface area (Å²) in [7, 11) is 2.42. The Morgan fingerprint density at radius 1 is 1.35 bits per heavy atom. The van der Waals surface area contributed by atoms with Crippen molar-refractivity contribution in [2.24, 2.45) is 0 Å². The van der Waals surface area contributed by atoms with Crippen LogP contribution in [0.2, 0.25) is 0 Å². The van der Waals surface area contributed by atoms with Crippen molar-refractivity contribution in [1.29, 1.82) is 0 Å². The van der Waals surface area contributed by atoms with Gasteiger partial charge in [0, 0.05) is 19.5 Å². The Hall–Kier alpha value is -1.71. The molecule has 1 aliphatic rings. The third kappa shape index (κ3) is 3.98. The molecule has 1 heterocycles. The van der Waals surface area contributed by atoms with E-state index in [0.29, 0.717) is 27.5 Å². The molecule has 0 aliphatic carbocycles. The number of alkyl halides is 2. The predicted molar refractivity (Wildman–Crippen MR) is 90.9 cm³/mol. The fraction of sp³-hybridized carbons (Fsp3) is 0.412. The number of rotatable bonds is 6. The highest BCUT2D eigenvalue weighted by atomic mass is 32.2. The van der Waals surface area contributed by atoms with E-state index < -0.39 is 23.6 Å². The van der Waals surface area contributed by atoms with Crippen LogP contribution in [0.3, 0.4) is 0 Å². The Bertz CT molecular complexity index is 702. The number of likely N-dealkylation sites (N-methyl/N-ethyl adjacent to an activating group) is 1. The summed E-state index contributed by atoms with van der Waals surface area (Å²) in [5.74, 6) is 5.44. The summed E-state index contributed by atoms with van der Waals surface area (Å²) in [5.41, 5.74) is 1.75. The summed E-state index contributed by atoms with van der Waals surface area (Å²) >= 11 is 0. The van der Waals surface area contributed by atoms with Crippen LogP contribution in [-0.4, -0.2) is 42.7 Å². The van der Waals surface area contributed by atoms with Crippen molar-refractivity contribution in [2.75, 3.05) is 32.5 Å². The summed E-state index contributed by atoms with van der Waals surface area (Å²) in [6.45, 7) is 3.11. The van der Waals surface area contributed by atoms with Gasteiger partial charge in [0.15, 0.2) is 0 Å². The van der Waals surface area contributed by atoms with Gasteiger partial charge in [-0.3, -0.25) is 0 Å². The van der Waals surface area contributed by atoms with E-state index in [1.165, 1.54) is 0 Å². The average molecular weight is 338 g/mol. The molecule has 1 aromatic rings. The van der Waals surface area contributed by atoms with E-state index in [1.54, 1.807) is 19.1 Å². The van der Waals surface area contributed by atoms with Gasteiger partial charge in [-0.25, -0.2) is 13.0 Å². The molecule has 1 unspecified atom stereocenters. The van der Waals surface area contributed by atoms with Gasteiger partial charge in [-0.05, 0) is 38.2 Å². The molecular formula is C17H20F2N2OS. The molecule has 0 aromatic heterocycles. The van der Waals surface area contributed by atoms with Gasteiger partial charge in [-0.15, -0.1) is 5.92 Å². The third-order valence-corrected chi connectivity index (χ3v) is 4.99. The van der Waals surface area contributed by atoms with Gasteiger partial charge < -0.3 is 10.2 Å². The Balaban J connectivity index is 2.39. The molecule has 0 spiro atoms. The SMILES string of the molecule is CC#CC1=C(CC(F)F)c2cccc(NCCN(C)C)c2S1=O. The van der Waals surface area contributed by atoms with Crippen molar-refractivity contribution in [2.45, 2.75) is 24.7 Å². The molecule has 3 nitrogen and oxygen atoms in total. The molecule has 23 heavy (non-hydrogen) atoms. The Morgan fingerprint density at radius 3 is 2.70 bits per heavy atom. The molecule has 1 atom stereocenters. The first-order valence-corrected chi connectivity index (χ1v) is 8.48. The zero-order chi connectivity index (χ0) is 17.0. The first-order chi connectivity index (χ1) is 11.0. The number of allylic oxidation sites excluding steroid dienone is 2. The van der Waals surface area contributed by atoms with E-state index in [9.17, 15) is 13.0 Å². The maximum atomic E-state index is 12.9. The van der Waals surface area contributed by atoms with Crippen LogP contribution in [-0.2, 0) is 10.8 Å². The van der Waals surface area contributed by atoms with Gasteiger partial charge in [-0.1, -0.05) is 18.1 Å². The topological polar surface area (TPSA) is 32.3 Å². The van der Waals surface area contributed by atoms with Gasteiger partial charge in [0.1, 0.15) is 0 Å².